The van der Waals surface area contributed by atoms with Crippen LogP contribution in [0.3, 0.4) is 0 Å². The van der Waals surface area contributed by atoms with E-state index in [2.05, 4.69) is 16.0 Å². The zero-order valence-corrected chi connectivity index (χ0v) is 14.4. The molecule has 3 N–H and O–H groups in total. The van der Waals surface area contributed by atoms with Crippen LogP contribution in [-0.2, 0) is 20.6 Å². The van der Waals surface area contributed by atoms with Crippen molar-refractivity contribution in [3.8, 4) is 17.2 Å². The molecule has 1 aliphatic carbocycles. The van der Waals surface area contributed by atoms with Crippen LogP contribution in [0.25, 0.3) is 11.1 Å². The number of hydrogen-bond acceptors (Lipinski definition) is 6. The third kappa shape index (κ3) is 2.92. The number of aromatic amines is 1. The molecule has 7 nitrogen and oxygen atoms in total. The molecule has 0 saturated carbocycles. The fraction of sp³-hybridized carbons (Fsp3) is 0.333. The van der Waals surface area contributed by atoms with Gasteiger partial charge in [-0.15, -0.1) is 0 Å². The van der Waals surface area contributed by atoms with E-state index < -0.39 is 0 Å². The van der Waals surface area contributed by atoms with Gasteiger partial charge in [0.1, 0.15) is 23.6 Å². The van der Waals surface area contributed by atoms with Gasteiger partial charge in [-0.25, -0.2) is 0 Å². The van der Waals surface area contributed by atoms with Crippen molar-refractivity contribution in [2.45, 2.75) is 18.9 Å². The first kappa shape index (κ1) is 16.9. The summed E-state index contributed by atoms with van der Waals surface area (Å²) < 4.78 is 16.4. The van der Waals surface area contributed by atoms with E-state index in [4.69, 9.17) is 19.9 Å². The second-order valence-corrected chi connectivity index (χ2v) is 5.78. The number of nitriles is 1. The molecule has 0 fully saturated rings. The first-order valence-corrected chi connectivity index (χ1v) is 7.81. The van der Waals surface area contributed by atoms with Crippen molar-refractivity contribution in [3.05, 3.63) is 46.8 Å². The first-order valence-electron chi connectivity index (χ1n) is 7.81. The zero-order valence-electron chi connectivity index (χ0n) is 14.4. The van der Waals surface area contributed by atoms with Gasteiger partial charge in [0.05, 0.1) is 14.2 Å². The Morgan fingerprint density at radius 3 is 2.68 bits per heavy atom. The molecule has 0 aromatic carbocycles. The Hall–Kier alpha value is -2.98. The van der Waals surface area contributed by atoms with Crippen molar-refractivity contribution in [1.82, 2.24) is 9.97 Å². The number of nitrogens with one attached hydrogen (secondary N) is 1. The third-order valence-electron chi connectivity index (χ3n) is 4.40. The average Bonchev–Trinajstić information content (AvgIpc) is 3.10. The van der Waals surface area contributed by atoms with E-state index in [0.717, 1.165) is 22.4 Å². The molecule has 0 aromatic heterocycles. The Morgan fingerprint density at radius 2 is 2.04 bits per heavy atom. The maximum absolute atomic E-state index is 9.29. The Labute approximate surface area is 146 Å². The molecule has 25 heavy (non-hydrogen) atoms. The molecule has 130 valence electrons. The van der Waals surface area contributed by atoms with Crippen molar-refractivity contribution >= 4 is 5.82 Å². The van der Waals surface area contributed by atoms with Crippen LogP contribution in [0.5, 0.6) is 0 Å². The number of fused-ring (bicyclic) bond motifs is 1. The average molecular weight is 340 g/mol. The summed E-state index contributed by atoms with van der Waals surface area (Å²) in [4.78, 5) is 7.31. The summed E-state index contributed by atoms with van der Waals surface area (Å²) >= 11 is 0. The van der Waals surface area contributed by atoms with E-state index in [1.165, 1.54) is 0 Å². The highest BCUT2D eigenvalue weighted by Crippen LogP contribution is 2.35. The summed E-state index contributed by atoms with van der Waals surface area (Å²) in [6.07, 6.45) is 6.45. The summed E-state index contributed by atoms with van der Waals surface area (Å²) in [5.41, 5.74) is 10.1. The van der Waals surface area contributed by atoms with Gasteiger partial charge < -0.3 is 24.9 Å². The molecule has 0 spiro atoms. The van der Waals surface area contributed by atoms with E-state index >= 15 is 0 Å². The summed E-state index contributed by atoms with van der Waals surface area (Å²) in [7, 11) is 4.85. The number of anilines is 1. The van der Waals surface area contributed by atoms with Crippen LogP contribution in [0.1, 0.15) is 17.7 Å². The normalized spacial score (nSPS) is 17.4. The van der Waals surface area contributed by atoms with E-state index in [-0.39, 0.29) is 6.10 Å². The molecule has 2 heterocycles. The van der Waals surface area contributed by atoms with Crippen LogP contribution < -0.4 is 5.73 Å². The Bertz CT molecular complexity index is 860. The van der Waals surface area contributed by atoms with Crippen LogP contribution in [-0.4, -0.2) is 37.4 Å². The van der Waals surface area contributed by atoms with E-state index in [1.54, 1.807) is 33.7 Å². The molecule has 0 saturated heterocycles. The fourth-order valence-corrected chi connectivity index (χ4v) is 3.20. The van der Waals surface area contributed by atoms with Crippen molar-refractivity contribution in [3.63, 3.8) is 0 Å². The quantitative estimate of drug-likeness (QED) is 0.865. The fourth-order valence-electron chi connectivity index (χ4n) is 3.20. The number of ether oxygens (including phenoxy) is 3. The molecule has 1 unspecified atom stereocenters. The van der Waals surface area contributed by atoms with Gasteiger partial charge in [-0.3, -0.25) is 4.98 Å². The summed E-state index contributed by atoms with van der Waals surface area (Å²) in [6.45, 7) is 0. The van der Waals surface area contributed by atoms with Crippen LogP contribution in [0.15, 0.2) is 35.6 Å². The number of methoxy groups -OCH3 is 3. The number of nitrogen functional groups attached to an aromatic ring is 1. The van der Waals surface area contributed by atoms with Gasteiger partial charge in [0.25, 0.3) is 0 Å². The Morgan fingerprint density at radius 1 is 1.28 bits per heavy atom. The number of nitrogens with zero attached hydrogens (tertiary/aromatic N) is 2. The highest BCUT2D eigenvalue weighted by atomic mass is 16.5. The predicted molar refractivity (Wildman–Crippen MR) is 92.6 cm³/mol. The minimum Gasteiger partial charge on any atom is -0.494 e. The van der Waals surface area contributed by atoms with Crippen LogP contribution in [0, 0.1) is 11.3 Å². The summed E-state index contributed by atoms with van der Waals surface area (Å²) in [5, 5.41) is 9.29. The molecule has 0 bridgehead atoms. The van der Waals surface area contributed by atoms with E-state index in [0.29, 0.717) is 35.7 Å². The largest absolute Gasteiger partial charge is 0.494 e. The molecule has 0 amide bonds. The van der Waals surface area contributed by atoms with E-state index in [9.17, 15) is 5.26 Å². The highest BCUT2D eigenvalue weighted by Gasteiger charge is 2.27. The first-order chi connectivity index (χ1) is 12.1. The van der Waals surface area contributed by atoms with Gasteiger partial charge in [-0.1, -0.05) is 5.57 Å². The highest BCUT2D eigenvalue weighted by molar-refractivity contribution is 5.78. The molecule has 2 aliphatic heterocycles. The van der Waals surface area contributed by atoms with Gasteiger partial charge in [0.15, 0.2) is 11.5 Å². The van der Waals surface area contributed by atoms with Gasteiger partial charge in [0, 0.05) is 49.2 Å². The minimum absolute atomic E-state index is 0.205. The molecular weight excluding hydrogens is 320 g/mol. The van der Waals surface area contributed by atoms with Crippen LogP contribution >= 0.6 is 0 Å². The topological polar surface area (TPSA) is 106 Å². The standard InChI is InChI=1S/C18H20N4O3/c1-23-15-5-10(6-16(24-2)17(15)25-3)4-14-13-9-21-8-12(13)11(7-19)18(20)22-14/h5,8-9,16,22H,4,6,20H2,1-3H3. The molecule has 3 aliphatic rings. The zero-order chi connectivity index (χ0) is 18.0. The monoisotopic (exact) mass is 340 g/mol. The second kappa shape index (κ2) is 6.87. The number of rotatable bonds is 5. The van der Waals surface area contributed by atoms with Crippen molar-refractivity contribution in [2.24, 2.45) is 0 Å². The van der Waals surface area contributed by atoms with Crippen molar-refractivity contribution in [2.75, 3.05) is 27.1 Å². The molecule has 3 rings (SSSR count). The second-order valence-electron chi connectivity index (χ2n) is 5.78. The summed E-state index contributed by atoms with van der Waals surface area (Å²) in [5.74, 6) is 1.67. The van der Waals surface area contributed by atoms with Crippen LogP contribution in [0.4, 0.5) is 5.82 Å². The number of allylic oxidation sites excluding steroid dienone is 1. The lowest BCUT2D eigenvalue weighted by Crippen LogP contribution is -2.22. The van der Waals surface area contributed by atoms with E-state index in [1.807, 2.05) is 6.08 Å². The van der Waals surface area contributed by atoms with Gasteiger partial charge in [-0.2, -0.15) is 5.26 Å². The minimum atomic E-state index is -0.205. The Balaban J connectivity index is 2.00. The predicted octanol–water partition coefficient (Wildman–Crippen LogP) is 2.36. The van der Waals surface area contributed by atoms with Crippen molar-refractivity contribution < 1.29 is 14.2 Å². The molecule has 7 heteroatoms. The lowest BCUT2D eigenvalue weighted by molar-refractivity contribution is 0.0648. The maximum Gasteiger partial charge on any atom is 0.166 e. The summed E-state index contributed by atoms with van der Waals surface area (Å²) in [6, 6.07) is 2.13. The van der Waals surface area contributed by atoms with Gasteiger partial charge >= 0.3 is 0 Å². The molecule has 1 atom stereocenters. The lowest BCUT2D eigenvalue weighted by atomic mass is 9.92. The Kier molecular flexibility index (Phi) is 4.63. The molecule has 0 radical (unpaired) electrons. The number of hydrogen-bond donors (Lipinski definition) is 2. The number of aromatic nitrogens is 2. The number of nitrogens with two attached hydrogens (primary N) is 1. The van der Waals surface area contributed by atoms with Gasteiger partial charge in [-0.05, 0) is 6.08 Å². The smallest absolute Gasteiger partial charge is 0.166 e. The van der Waals surface area contributed by atoms with Gasteiger partial charge in [0.2, 0.25) is 0 Å². The molecular formula is C18H20N4O3. The lowest BCUT2D eigenvalue weighted by Gasteiger charge is -2.26. The van der Waals surface area contributed by atoms with Crippen LogP contribution in [0.2, 0.25) is 0 Å². The SMILES string of the molecule is COC1=C(OC)C(OC)CC(Cc2[nH]c(N)c(C#N)c3cncc2-3)=C1. The number of pyridine rings is 1. The van der Waals surface area contributed by atoms with Crippen molar-refractivity contribution in [1.29, 1.82) is 5.26 Å². The maximum atomic E-state index is 9.29. The third-order valence-corrected chi connectivity index (χ3v) is 4.40. The number of H-pyrrole nitrogens is 1. The molecule has 0 aromatic rings.